The summed E-state index contributed by atoms with van der Waals surface area (Å²) in [7, 11) is 0. The number of carbonyl (C=O) groups excluding carboxylic acids is 1. The van der Waals surface area contributed by atoms with Crippen molar-refractivity contribution in [3.8, 4) is 0 Å². The molecule has 2 heterocycles. The average molecular weight is 400 g/mol. The monoisotopic (exact) mass is 400 g/mol. The lowest BCUT2D eigenvalue weighted by molar-refractivity contribution is 0.103. The van der Waals surface area contributed by atoms with Gasteiger partial charge in [-0.3, -0.25) is 9.59 Å². The molecule has 0 aliphatic rings. The van der Waals surface area contributed by atoms with Gasteiger partial charge in [0.1, 0.15) is 11.5 Å². The normalized spacial score (nSPS) is 11.1. The first kappa shape index (κ1) is 19.7. The quantitative estimate of drug-likeness (QED) is 0.465. The van der Waals surface area contributed by atoms with Crippen molar-refractivity contribution in [3.63, 3.8) is 0 Å². The maximum Gasteiger partial charge on any atom is 0.202 e. The molecule has 4 rings (SSSR count). The third-order valence-corrected chi connectivity index (χ3v) is 5.21. The van der Waals surface area contributed by atoms with Crippen LogP contribution in [0.2, 0.25) is 0 Å². The predicted molar refractivity (Wildman–Crippen MR) is 116 cm³/mol. The van der Waals surface area contributed by atoms with Gasteiger partial charge >= 0.3 is 0 Å². The fraction of sp³-hybridized carbons (Fsp3) is 0.160. The molecule has 2 aromatic heterocycles. The molecule has 0 radical (unpaired) electrons. The number of benzene rings is 2. The highest BCUT2D eigenvalue weighted by atomic mass is 19.1. The Balaban J connectivity index is 1.92. The molecule has 0 unspecified atom stereocenters. The Morgan fingerprint density at radius 1 is 0.967 bits per heavy atom. The number of ketones is 1. The molecule has 0 N–H and O–H groups in total. The highest BCUT2D eigenvalue weighted by Crippen LogP contribution is 2.18. The number of hydrogen-bond donors (Lipinski definition) is 0. The van der Waals surface area contributed by atoms with E-state index in [1.54, 1.807) is 41.1 Å². The number of carbonyl (C=O) groups is 1. The summed E-state index contributed by atoms with van der Waals surface area (Å²) >= 11 is 0. The van der Waals surface area contributed by atoms with E-state index in [2.05, 4.69) is 4.98 Å². The van der Waals surface area contributed by atoms with Gasteiger partial charge in [-0.1, -0.05) is 29.8 Å². The number of pyridine rings is 2. The molecule has 0 aliphatic carbocycles. The van der Waals surface area contributed by atoms with Crippen LogP contribution in [0.3, 0.4) is 0 Å². The molecule has 4 aromatic rings. The van der Waals surface area contributed by atoms with E-state index in [1.165, 1.54) is 12.1 Å². The molecule has 0 atom stereocenters. The molecule has 5 heteroatoms. The number of fused-ring (bicyclic) bond motifs is 1. The first-order valence-electron chi connectivity index (χ1n) is 9.70. The van der Waals surface area contributed by atoms with Crippen molar-refractivity contribution in [2.24, 2.45) is 0 Å². The van der Waals surface area contributed by atoms with Crippen LogP contribution in [0, 0.1) is 26.6 Å². The van der Waals surface area contributed by atoms with Crippen LogP contribution < -0.4 is 5.43 Å². The van der Waals surface area contributed by atoms with Crippen molar-refractivity contribution < 1.29 is 9.18 Å². The maximum atomic E-state index is 13.3. The Bertz CT molecular complexity index is 1340. The summed E-state index contributed by atoms with van der Waals surface area (Å²) in [4.78, 5) is 31.0. The van der Waals surface area contributed by atoms with Crippen molar-refractivity contribution in [2.75, 3.05) is 0 Å². The summed E-state index contributed by atoms with van der Waals surface area (Å²) in [6, 6.07) is 15.2. The smallest absolute Gasteiger partial charge is 0.202 e. The van der Waals surface area contributed by atoms with Gasteiger partial charge in [0.25, 0.3) is 0 Å². The number of aromatic nitrogens is 2. The largest absolute Gasteiger partial charge is 0.327 e. The van der Waals surface area contributed by atoms with E-state index in [1.807, 2.05) is 32.9 Å². The van der Waals surface area contributed by atoms with Crippen LogP contribution in [-0.2, 0) is 6.54 Å². The lowest BCUT2D eigenvalue weighted by Gasteiger charge is -2.14. The first-order valence-corrected chi connectivity index (χ1v) is 9.70. The van der Waals surface area contributed by atoms with Gasteiger partial charge < -0.3 is 4.57 Å². The van der Waals surface area contributed by atoms with E-state index in [0.717, 1.165) is 22.4 Å². The van der Waals surface area contributed by atoms with Gasteiger partial charge in [0.05, 0.1) is 10.9 Å². The standard InChI is InChI=1S/C25H21FN2O2/c1-15-4-5-16(2)21(12-15)24(30)22-14-28(13-18-7-9-19(26)10-8-18)25-20(23(22)29)11-6-17(3)27-25/h4-12,14H,13H2,1-3H3. The lowest BCUT2D eigenvalue weighted by atomic mass is 9.97. The zero-order chi connectivity index (χ0) is 21.4. The molecular weight excluding hydrogens is 379 g/mol. The summed E-state index contributed by atoms with van der Waals surface area (Å²) < 4.78 is 15.1. The summed E-state index contributed by atoms with van der Waals surface area (Å²) in [6.45, 7) is 5.98. The highest BCUT2D eigenvalue weighted by Gasteiger charge is 2.19. The van der Waals surface area contributed by atoms with Crippen LogP contribution in [0.4, 0.5) is 4.39 Å². The van der Waals surface area contributed by atoms with E-state index >= 15 is 0 Å². The third kappa shape index (κ3) is 3.66. The fourth-order valence-electron chi connectivity index (χ4n) is 3.55. The van der Waals surface area contributed by atoms with Crippen molar-refractivity contribution in [1.29, 1.82) is 0 Å². The maximum absolute atomic E-state index is 13.3. The molecular formula is C25H21FN2O2. The second kappa shape index (κ2) is 7.67. The van der Waals surface area contributed by atoms with E-state index < -0.39 is 0 Å². The first-order chi connectivity index (χ1) is 14.3. The minimum Gasteiger partial charge on any atom is -0.327 e. The number of nitrogens with zero attached hydrogens (tertiary/aromatic N) is 2. The van der Waals surface area contributed by atoms with E-state index in [4.69, 9.17) is 0 Å². The van der Waals surface area contributed by atoms with Crippen LogP contribution in [0.5, 0.6) is 0 Å². The minimum absolute atomic E-state index is 0.101. The van der Waals surface area contributed by atoms with Crippen molar-refractivity contribution >= 4 is 16.8 Å². The van der Waals surface area contributed by atoms with Gasteiger partial charge in [0.2, 0.25) is 5.43 Å². The Hall–Kier alpha value is -3.60. The summed E-state index contributed by atoms with van der Waals surface area (Å²) in [6.07, 6.45) is 1.57. The van der Waals surface area contributed by atoms with Gasteiger partial charge in [0, 0.05) is 24.0 Å². The Morgan fingerprint density at radius 3 is 2.43 bits per heavy atom. The molecule has 2 aromatic carbocycles. The fourth-order valence-corrected chi connectivity index (χ4v) is 3.55. The lowest BCUT2D eigenvalue weighted by Crippen LogP contribution is -2.21. The van der Waals surface area contributed by atoms with E-state index in [0.29, 0.717) is 23.1 Å². The second-order valence-corrected chi connectivity index (χ2v) is 7.60. The number of rotatable bonds is 4. The average Bonchev–Trinajstić information content (AvgIpc) is 2.73. The molecule has 30 heavy (non-hydrogen) atoms. The number of hydrogen-bond acceptors (Lipinski definition) is 3. The SMILES string of the molecule is Cc1ccc(C)c(C(=O)c2cn(Cc3ccc(F)cc3)c3nc(C)ccc3c2=O)c1. The molecule has 0 spiro atoms. The van der Waals surface area contributed by atoms with Gasteiger partial charge in [0.15, 0.2) is 5.78 Å². The zero-order valence-corrected chi connectivity index (χ0v) is 17.1. The van der Waals surface area contributed by atoms with Crippen LogP contribution in [0.15, 0.2) is 65.6 Å². The molecule has 0 saturated carbocycles. The van der Waals surface area contributed by atoms with Crippen LogP contribution in [0.25, 0.3) is 11.0 Å². The van der Waals surface area contributed by atoms with Crippen LogP contribution in [-0.4, -0.2) is 15.3 Å². The topological polar surface area (TPSA) is 52.0 Å². The van der Waals surface area contributed by atoms with Crippen LogP contribution in [0.1, 0.15) is 38.3 Å². The van der Waals surface area contributed by atoms with Crippen molar-refractivity contribution in [2.45, 2.75) is 27.3 Å². The highest BCUT2D eigenvalue weighted by molar-refractivity contribution is 6.10. The molecule has 0 amide bonds. The Labute approximate surface area is 173 Å². The number of halogens is 1. The molecule has 0 aliphatic heterocycles. The molecule has 0 bridgehead atoms. The predicted octanol–water partition coefficient (Wildman–Crippen LogP) is 4.74. The van der Waals surface area contributed by atoms with E-state index in [-0.39, 0.29) is 22.6 Å². The second-order valence-electron chi connectivity index (χ2n) is 7.60. The van der Waals surface area contributed by atoms with E-state index in [9.17, 15) is 14.0 Å². The van der Waals surface area contributed by atoms with Crippen LogP contribution >= 0.6 is 0 Å². The Kier molecular flexibility index (Phi) is 5.04. The summed E-state index contributed by atoms with van der Waals surface area (Å²) in [5, 5.41) is 0.388. The van der Waals surface area contributed by atoms with Gasteiger partial charge in [-0.15, -0.1) is 0 Å². The van der Waals surface area contributed by atoms with Gasteiger partial charge in [-0.05, 0) is 62.2 Å². The van der Waals surface area contributed by atoms with Crippen molar-refractivity contribution in [1.82, 2.24) is 9.55 Å². The molecule has 150 valence electrons. The zero-order valence-electron chi connectivity index (χ0n) is 17.1. The summed E-state index contributed by atoms with van der Waals surface area (Å²) in [5.74, 6) is -0.625. The molecule has 4 nitrogen and oxygen atoms in total. The van der Waals surface area contributed by atoms with Gasteiger partial charge in [-0.2, -0.15) is 0 Å². The molecule has 0 fully saturated rings. The Morgan fingerprint density at radius 2 is 1.70 bits per heavy atom. The van der Waals surface area contributed by atoms with Crippen molar-refractivity contribution in [3.05, 3.63) is 110 Å². The summed E-state index contributed by atoms with van der Waals surface area (Å²) in [5.41, 5.74) is 4.16. The third-order valence-electron chi connectivity index (χ3n) is 5.21. The number of aryl methyl sites for hydroxylation is 3. The molecule has 0 saturated heterocycles. The van der Waals surface area contributed by atoms with Gasteiger partial charge in [-0.25, -0.2) is 9.37 Å². The minimum atomic E-state index is -0.334.